The highest BCUT2D eigenvalue weighted by Gasteiger charge is 2.30. The van der Waals surface area contributed by atoms with Crippen molar-refractivity contribution >= 4 is 34.3 Å². The number of thioether (sulfide) groups is 1. The summed E-state index contributed by atoms with van der Waals surface area (Å²) in [7, 11) is 0. The number of aromatic nitrogens is 4. The second-order valence-corrected chi connectivity index (χ2v) is 11.3. The van der Waals surface area contributed by atoms with Gasteiger partial charge in [-0.15, -0.1) is 10.2 Å². The lowest BCUT2D eigenvalue weighted by molar-refractivity contribution is -0.132. The molecule has 0 bridgehead atoms. The molecule has 4 aromatic rings. The van der Waals surface area contributed by atoms with Gasteiger partial charge in [0.2, 0.25) is 11.7 Å². The first-order valence-electron chi connectivity index (χ1n) is 12.2. The molecule has 0 spiro atoms. The fourth-order valence-corrected chi connectivity index (χ4v) is 6.28. The van der Waals surface area contributed by atoms with Gasteiger partial charge in [-0.2, -0.15) is 0 Å². The van der Waals surface area contributed by atoms with Crippen LogP contribution < -0.4 is 5.56 Å². The largest absolute Gasteiger partial charge is 0.341 e. The van der Waals surface area contributed by atoms with E-state index in [1.807, 2.05) is 66.5 Å². The average molecular weight is 490 g/mol. The summed E-state index contributed by atoms with van der Waals surface area (Å²) in [4.78, 5) is 28.9. The van der Waals surface area contributed by atoms with Gasteiger partial charge in [-0.25, -0.2) is 4.57 Å². The number of para-hydroxylation sites is 1. The van der Waals surface area contributed by atoms with Crippen LogP contribution in [-0.2, 0) is 4.79 Å². The minimum atomic E-state index is -0.319. The first kappa shape index (κ1) is 23.6. The molecule has 0 N–H and O–H groups in total. The van der Waals surface area contributed by atoms with Gasteiger partial charge in [0.1, 0.15) is 0 Å². The van der Waals surface area contributed by atoms with Crippen LogP contribution in [0.3, 0.4) is 0 Å². The van der Waals surface area contributed by atoms with Crippen molar-refractivity contribution in [2.45, 2.75) is 51.4 Å². The van der Waals surface area contributed by atoms with Gasteiger partial charge in [0.25, 0.3) is 5.56 Å². The van der Waals surface area contributed by atoms with Crippen LogP contribution in [0.25, 0.3) is 22.4 Å². The van der Waals surface area contributed by atoms with Gasteiger partial charge < -0.3 is 4.90 Å². The van der Waals surface area contributed by atoms with Crippen LogP contribution in [0, 0.1) is 25.7 Å². The molecular weight excluding hydrogens is 458 g/mol. The number of piperidine rings is 1. The van der Waals surface area contributed by atoms with E-state index in [9.17, 15) is 9.59 Å². The number of hydrogen-bond acceptors (Lipinski definition) is 5. The van der Waals surface area contributed by atoms with Crippen molar-refractivity contribution in [1.82, 2.24) is 24.1 Å². The zero-order valence-corrected chi connectivity index (χ0v) is 21.7. The van der Waals surface area contributed by atoms with Crippen LogP contribution in [0.15, 0.2) is 52.4 Å². The molecule has 3 unspecified atom stereocenters. The molecule has 8 heteroatoms. The third-order valence-corrected chi connectivity index (χ3v) is 7.83. The first-order chi connectivity index (χ1) is 16.7. The Labute approximate surface area is 209 Å². The second-order valence-electron chi connectivity index (χ2n) is 10.0. The van der Waals surface area contributed by atoms with E-state index in [0.29, 0.717) is 28.2 Å². The van der Waals surface area contributed by atoms with Crippen molar-refractivity contribution in [3.63, 3.8) is 0 Å². The molecule has 0 radical (unpaired) electrons. The van der Waals surface area contributed by atoms with E-state index < -0.39 is 0 Å². The summed E-state index contributed by atoms with van der Waals surface area (Å²) >= 11 is 1.40. The quantitative estimate of drug-likeness (QED) is 0.391. The molecule has 7 nitrogen and oxygen atoms in total. The molecule has 5 rings (SSSR count). The second kappa shape index (κ2) is 9.15. The van der Waals surface area contributed by atoms with Crippen molar-refractivity contribution in [1.29, 1.82) is 0 Å². The summed E-state index contributed by atoms with van der Waals surface area (Å²) < 4.78 is 3.54. The zero-order valence-electron chi connectivity index (χ0n) is 20.9. The van der Waals surface area contributed by atoms with E-state index in [-0.39, 0.29) is 16.7 Å². The topological polar surface area (TPSA) is 72.5 Å². The number of nitrogens with zero attached hydrogens (tertiary/aromatic N) is 5. The molecule has 35 heavy (non-hydrogen) atoms. The number of benzene rings is 2. The van der Waals surface area contributed by atoms with Crippen LogP contribution in [0.5, 0.6) is 0 Å². The van der Waals surface area contributed by atoms with Crippen molar-refractivity contribution in [2.24, 2.45) is 11.8 Å². The summed E-state index contributed by atoms with van der Waals surface area (Å²) in [6.07, 6.45) is 1.15. The van der Waals surface area contributed by atoms with Crippen LogP contribution >= 0.6 is 11.8 Å². The van der Waals surface area contributed by atoms with Gasteiger partial charge in [-0.05, 0) is 62.8 Å². The summed E-state index contributed by atoms with van der Waals surface area (Å²) in [6.45, 7) is 12.0. The van der Waals surface area contributed by atoms with Crippen molar-refractivity contribution in [3.05, 3.63) is 63.9 Å². The molecule has 1 amide bonds. The maximum atomic E-state index is 13.6. The van der Waals surface area contributed by atoms with Crippen LogP contribution in [0.2, 0.25) is 0 Å². The molecule has 1 saturated heterocycles. The van der Waals surface area contributed by atoms with E-state index in [4.69, 9.17) is 0 Å². The number of aryl methyl sites for hydroxylation is 2. The third-order valence-electron chi connectivity index (χ3n) is 6.80. The number of rotatable bonds is 4. The Kier molecular flexibility index (Phi) is 6.17. The Morgan fingerprint density at radius 1 is 1.06 bits per heavy atom. The van der Waals surface area contributed by atoms with Gasteiger partial charge in [0, 0.05) is 13.1 Å². The molecule has 1 fully saturated rings. The highest BCUT2D eigenvalue weighted by atomic mass is 32.2. The minimum absolute atomic E-state index is 0.122. The van der Waals surface area contributed by atoms with Crippen LogP contribution in [-0.4, -0.2) is 48.3 Å². The number of carbonyl (C=O) groups is 1. The van der Waals surface area contributed by atoms with Crippen molar-refractivity contribution in [2.75, 3.05) is 13.1 Å². The van der Waals surface area contributed by atoms with Gasteiger partial charge in [0.05, 0.1) is 21.8 Å². The summed E-state index contributed by atoms with van der Waals surface area (Å²) in [5.74, 6) is 1.58. The van der Waals surface area contributed by atoms with Gasteiger partial charge >= 0.3 is 0 Å². The van der Waals surface area contributed by atoms with Crippen molar-refractivity contribution < 1.29 is 4.79 Å². The van der Waals surface area contributed by atoms with Crippen LogP contribution in [0.1, 0.15) is 38.3 Å². The highest BCUT2D eigenvalue weighted by molar-refractivity contribution is 8.00. The molecule has 1 aliphatic rings. The molecule has 182 valence electrons. The monoisotopic (exact) mass is 489 g/mol. The standard InChI is InChI=1S/C27H31N5O2S/c1-16-10-11-22(19(4)13-16)31-25(34)21-8-6-7-9-23(21)32-26(31)28-29-27(32)35-20(5)24(33)30-14-17(2)12-18(3)15-30/h6-11,13,17-18,20H,12,14-15H2,1-5H3. The molecule has 0 aliphatic carbocycles. The Bertz CT molecular complexity index is 1480. The molecule has 3 atom stereocenters. The molecule has 3 heterocycles. The number of carbonyl (C=O) groups excluding carboxylic acids is 1. The molecular formula is C27H31N5O2S. The molecule has 2 aromatic heterocycles. The molecule has 0 saturated carbocycles. The summed E-state index contributed by atoms with van der Waals surface area (Å²) in [6, 6.07) is 13.5. The molecule has 2 aromatic carbocycles. The number of fused-ring (bicyclic) bond motifs is 3. The van der Waals surface area contributed by atoms with E-state index in [0.717, 1.165) is 41.8 Å². The van der Waals surface area contributed by atoms with E-state index in [1.165, 1.54) is 11.8 Å². The Hall–Kier alpha value is -3.13. The lowest BCUT2D eigenvalue weighted by Crippen LogP contribution is -2.45. The Morgan fingerprint density at radius 2 is 1.77 bits per heavy atom. The predicted octanol–water partition coefficient (Wildman–Crippen LogP) is 4.64. The predicted molar refractivity (Wildman–Crippen MR) is 140 cm³/mol. The lowest BCUT2D eigenvalue weighted by atomic mass is 9.92. The third kappa shape index (κ3) is 4.24. The Morgan fingerprint density at radius 3 is 2.49 bits per heavy atom. The van der Waals surface area contributed by atoms with Gasteiger partial charge in [0.15, 0.2) is 5.16 Å². The Balaban J connectivity index is 1.61. The first-order valence-corrected chi connectivity index (χ1v) is 13.0. The maximum Gasteiger partial charge on any atom is 0.267 e. The number of likely N-dealkylation sites (tertiary alicyclic amines) is 1. The van der Waals surface area contributed by atoms with Crippen LogP contribution in [0.4, 0.5) is 0 Å². The summed E-state index contributed by atoms with van der Waals surface area (Å²) in [5.41, 5.74) is 3.49. The minimum Gasteiger partial charge on any atom is -0.341 e. The zero-order chi connectivity index (χ0) is 24.9. The normalized spacial score (nSPS) is 19.4. The van der Waals surface area contributed by atoms with Gasteiger partial charge in [-0.3, -0.25) is 14.0 Å². The van der Waals surface area contributed by atoms with E-state index in [2.05, 4.69) is 30.1 Å². The van der Waals surface area contributed by atoms with E-state index >= 15 is 0 Å². The summed E-state index contributed by atoms with van der Waals surface area (Å²) in [5, 5.41) is 9.78. The smallest absolute Gasteiger partial charge is 0.267 e. The fourth-order valence-electron chi connectivity index (χ4n) is 5.34. The number of amides is 1. The lowest BCUT2D eigenvalue weighted by Gasteiger charge is -2.36. The van der Waals surface area contributed by atoms with Crippen molar-refractivity contribution in [3.8, 4) is 5.69 Å². The highest BCUT2D eigenvalue weighted by Crippen LogP contribution is 2.29. The fraction of sp³-hybridized carbons (Fsp3) is 0.407. The SMILES string of the molecule is Cc1ccc(-n2c(=O)c3ccccc3n3c(SC(C)C(=O)N4CC(C)CC(C)C4)nnc23)c(C)c1. The van der Waals surface area contributed by atoms with E-state index in [1.54, 1.807) is 4.57 Å². The average Bonchev–Trinajstić information content (AvgIpc) is 3.22. The number of hydrogen-bond donors (Lipinski definition) is 0. The molecule has 1 aliphatic heterocycles. The van der Waals surface area contributed by atoms with Gasteiger partial charge in [-0.1, -0.05) is 55.4 Å². The maximum absolute atomic E-state index is 13.6.